The first kappa shape index (κ1) is 14.3. The summed E-state index contributed by atoms with van der Waals surface area (Å²) in [7, 11) is 0. The number of likely N-dealkylation sites (N-methyl/N-ethyl adjacent to an activating group) is 1. The van der Waals surface area contributed by atoms with E-state index in [1.54, 1.807) is 25.1 Å². The predicted molar refractivity (Wildman–Crippen MR) is 79.6 cm³/mol. The molecule has 1 atom stereocenters. The molecule has 2 rings (SSSR count). The van der Waals surface area contributed by atoms with Gasteiger partial charge in [0.25, 0.3) is 5.91 Å². The van der Waals surface area contributed by atoms with E-state index in [4.69, 9.17) is 5.73 Å². The largest absolute Gasteiger partial charge is 0.375 e. The van der Waals surface area contributed by atoms with Crippen LogP contribution in [0.2, 0.25) is 0 Å². The van der Waals surface area contributed by atoms with Crippen LogP contribution in [0, 0.1) is 0 Å². The number of carbonyl (C=O) groups excluding carboxylic acids is 2. The van der Waals surface area contributed by atoms with E-state index >= 15 is 0 Å². The fourth-order valence-corrected chi connectivity index (χ4v) is 2.53. The van der Waals surface area contributed by atoms with Crippen molar-refractivity contribution in [1.82, 2.24) is 15.6 Å². The lowest BCUT2D eigenvalue weighted by Gasteiger charge is -2.13. The summed E-state index contributed by atoms with van der Waals surface area (Å²) in [5.74, 6) is -0.499. The normalized spacial score (nSPS) is 12.1. The van der Waals surface area contributed by atoms with Crippen molar-refractivity contribution in [2.24, 2.45) is 0 Å². The number of aromatic nitrogens is 1. The number of nitrogens with zero attached hydrogens (tertiary/aromatic N) is 1. The molecule has 0 saturated heterocycles. The fraction of sp³-hybridized carbons (Fsp3) is 0.308. The first-order valence-corrected chi connectivity index (χ1v) is 7.07. The third-order valence-corrected chi connectivity index (χ3v) is 3.61. The van der Waals surface area contributed by atoms with Crippen LogP contribution in [0.25, 0.3) is 10.2 Å². The Morgan fingerprint density at radius 3 is 2.90 bits per heavy atom. The zero-order chi connectivity index (χ0) is 14.7. The molecule has 0 saturated carbocycles. The van der Waals surface area contributed by atoms with Crippen LogP contribution < -0.4 is 16.4 Å². The molecule has 0 aliphatic heterocycles. The first-order valence-electron chi connectivity index (χ1n) is 6.26. The molecule has 1 heterocycles. The maximum Gasteiger partial charge on any atom is 0.251 e. The average molecular weight is 292 g/mol. The quantitative estimate of drug-likeness (QED) is 0.787. The summed E-state index contributed by atoms with van der Waals surface area (Å²) in [6.45, 7) is 4.01. The van der Waals surface area contributed by atoms with Crippen LogP contribution in [-0.2, 0) is 4.79 Å². The predicted octanol–water partition coefficient (Wildman–Crippen LogP) is 1.13. The highest BCUT2D eigenvalue weighted by atomic mass is 32.1. The molecule has 0 fully saturated rings. The van der Waals surface area contributed by atoms with Gasteiger partial charge in [-0.05, 0) is 32.0 Å². The van der Waals surface area contributed by atoms with Crippen LogP contribution >= 0.6 is 11.3 Å². The third-order valence-electron chi connectivity index (χ3n) is 2.76. The summed E-state index contributed by atoms with van der Waals surface area (Å²) in [5, 5.41) is 5.78. The molecule has 2 aromatic rings. The van der Waals surface area contributed by atoms with E-state index in [1.807, 2.05) is 6.92 Å². The van der Waals surface area contributed by atoms with Gasteiger partial charge in [0, 0.05) is 12.1 Å². The van der Waals surface area contributed by atoms with E-state index in [0.29, 0.717) is 17.2 Å². The number of nitrogen functional groups attached to an aromatic ring is 1. The van der Waals surface area contributed by atoms with Crippen molar-refractivity contribution in [3.8, 4) is 0 Å². The van der Waals surface area contributed by atoms with E-state index < -0.39 is 6.04 Å². The van der Waals surface area contributed by atoms with Crippen molar-refractivity contribution in [2.75, 3.05) is 12.3 Å². The van der Waals surface area contributed by atoms with Gasteiger partial charge in [0.1, 0.15) is 6.04 Å². The van der Waals surface area contributed by atoms with Crippen LogP contribution in [0.4, 0.5) is 5.13 Å². The molecule has 1 aromatic carbocycles. The summed E-state index contributed by atoms with van der Waals surface area (Å²) in [4.78, 5) is 27.8. The Morgan fingerprint density at radius 2 is 2.20 bits per heavy atom. The van der Waals surface area contributed by atoms with Gasteiger partial charge in [-0.1, -0.05) is 11.3 Å². The van der Waals surface area contributed by atoms with Gasteiger partial charge in [0.15, 0.2) is 5.13 Å². The van der Waals surface area contributed by atoms with Crippen LogP contribution in [0.3, 0.4) is 0 Å². The summed E-state index contributed by atoms with van der Waals surface area (Å²) in [6, 6.07) is 4.56. The van der Waals surface area contributed by atoms with Gasteiger partial charge in [-0.15, -0.1) is 0 Å². The molecular weight excluding hydrogens is 276 g/mol. The Bertz CT molecular complexity index is 653. The minimum atomic E-state index is -0.579. The van der Waals surface area contributed by atoms with Gasteiger partial charge < -0.3 is 16.4 Å². The molecule has 4 N–H and O–H groups in total. The number of nitrogens with one attached hydrogen (secondary N) is 2. The number of rotatable bonds is 4. The minimum Gasteiger partial charge on any atom is -0.375 e. The van der Waals surface area contributed by atoms with E-state index in [2.05, 4.69) is 15.6 Å². The Morgan fingerprint density at radius 1 is 1.45 bits per heavy atom. The number of benzene rings is 1. The molecule has 6 nitrogen and oxygen atoms in total. The Hall–Kier alpha value is -2.15. The molecule has 0 radical (unpaired) electrons. The molecule has 1 aromatic heterocycles. The van der Waals surface area contributed by atoms with Gasteiger partial charge in [-0.2, -0.15) is 0 Å². The van der Waals surface area contributed by atoms with Gasteiger partial charge in [-0.25, -0.2) is 4.98 Å². The number of thiazole rings is 1. The molecule has 20 heavy (non-hydrogen) atoms. The molecule has 0 bridgehead atoms. The Balaban J connectivity index is 2.12. The Kier molecular flexibility index (Phi) is 4.19. The highest BCUT2D eigenvalue weighted by Gasteiger charge is 2.16. The van der Waals surface area contributed by atoms with Crippen molar-refractivity contribution in [3.05, 3.63) is 23.8 Å². The second-order valence-corrected chi connectivity index (χ2v) is 5.39. The van der Waals surface area contributed by atoms with Gasteiger partial charge in [-0.3, -0.25) is 9.59 Å². The molecule has 0 aliphatic rings. The monoisotopic (exact) mass is 292 g/mol. The molecule has 7 heteroatoms. The number of nitrogens with two attached hydrogens (primary N) is 1. The number of carbonyl (C=O) groups is 2. The molecule has 0 spiro atoms. The molecule has 2 amide bonds. The second-order valence-electron chi connectivity index (χ2n) is 4.32. The fourth-order valence-electron chi connectivity index (χ4n) is 1.76. The highest BCUT2D eigenvalue weighted by molar-refractivity contribution is 7.22. The molecule has 106 valence electrons. The van der Waals surface area contributed by atoms with Gasteiger partial charge in [0.2, 0.25) is 5.91 Å². The number of hydrogen-bond acceptors (Lipinski definition) is 5. The summed E-state index contributed by atoms with van der Waals surface area (Å²) in [6.07, 6.45) is 0. The van der Waals surface area contributed by atoms with Crippen molar-refractivity contribution >= 4 is 38.5 Å². The summed E-state index contributed by atoms with van der Waals surface area (Å²) in [5.41, 5.74) is 6.87. The van der Waals surface area contributed by atoms with Crippen LogP contribution in [0.15, 0.2) is 18.2 Å². The lowest BCUT2D eigenvalue weighted by atomic mass is 10.2. The molecule has 1 unspecified atom stereocenters. The maximum atomic E-state index is 12.1. The summed E-state index contributed by atoms with van der Waals surface area (Å²) < 4.78 is 0.848. The average Bonchev–Trinajstić information content (AvgIpc) is 2.77. The van der Waals surface area contributed by atoms with E-state index in [1.165, 1.54) is 11.3 Å². The van der Waals surface area contributed by atoms with E-state index in [0.717, 1.165) is 10.2 Å². The third kappa shape index (κ3) is 3.05. The maximum absolute atomic E-state index is 12.1. The van der Waals surface area contributed by atoms with Crippen molar-refractivity contribution in [3.63, 3.8) is 0 Å². The van der Waals surface area contributed by atoms with Crippen molar-refractivity contribution in [1.29, 1.82) is 0 Å². The number of hydrogen-bond donors (Lipinski definition) is 3. The number of amides is 2. The lowest BCUT2D eigenvalue weighted by Crippen LogP contribution is -2.44. The second kappa shape index (κ2) is 5.87. The molecule has 0 aliphatic carbocycles. The van der Waals surface area contributed by atoms with Crippen molar-refractivity contribution in [2.45, 2.75) is 19.9 Å². The van der Waals surface area contributed by atoms with Crippen molar-refractivity contribution < 1.29 is 9.59 Å². The molecular formula is C13H16N4O2S. The smallest absolute Gasteiger partial charge is 0.251 e. The highest BCUT2D eigenvalue weighted by Crippen LogP contribution is 2.24. The van der Waals surface area contributed by atoms with Gasteiger partial charge >= 0.3 is 0 Å². The lowest BCUT2D eigenvalue weighted by molar-refractivity contribution is -0.122. The van der Waals surface area contributed by atoms with Gasteiger partial charge in [0.05, 0.1) is 10.2 Å². The zero-order valence-corrected chi connectivity index (χ0v) is 12.1. The number of anilines is 1. The van der Waals surface area contributed by atoms with E-state index in [9.17, 15) is 9.59 Å². The first-order chi connectivity index (χ1) is 9.51. The van der Waals surface area contributed by atoms with Crippen LogP contribution in [-0.4, -0.2) is 29.4 Å². The zero-order valence-electron chi connectivity index (χ0n) is 11.3. The topological polar surface area (TPSA) is 97.1 Å². The minimum absolute atomic E-state index is 0.205. The van der Waals surface area contributed by atoms with Crippen LogP contribution in [0.5, 0.6) is 0 Å². The van der Waals surface area contributed by atoms with Crippen LogP contribution in [0.1, 0.15) is 24.2 Å². The summed E-state index contributed by atoms with van der Waals surface area (Å²) >= 11 is 1.32. The standard InChI is InChI=1S/C13H16N4O2S/c1-3-15-11(18)7(2)16-12(19)8-4-5-9-10(6-8)20-13(14)17-9/h4-7H,3H2,1-2H3,(H2,14,17)(H,15,18)(H,16,19). The SMILES string of the molecule is CCNC(=O)C(C)NC(=O)c1ccc2nc(N)sc2c1. The Labute approximate surface area is 120 Å². The van der Waals surface area contributed by atoms with E-state index in [-0.39, 0.29) is 11.8 Å². The number of fused-ring (bicyclic) bond motifs is 1.